The van der Waals surface area contributed by atoms with Crippen molar-refractivity contribution >= 4 is 11.8 Å². The van der Waals surface area contributed by atoms with E-state index >= 15 is 0 Å². The topological polar surface area (TPSA) is 80.1 Å². The molecule has 1 N–H and O–H groups in total. The van der Waals surface area contributed by atoms with Crippen molar-refractivity contribution in [3.05, 3.63) is 48.0 Å². The van der Waals surface area contributed by atoms with Crippen LogP contribution in [-0.2, 0) is 11.3 Å². The van der Waals surface area contributed by atoms with Gasteiger partial charge in [-0.05, 0) is 37.8 Å². The van der Waals surface area contributed by atoms with Crippen LogP contribution >= 0.6 is 0 Å². The maximum atomic E-state index is 12.9. The quantitative estimate of drug-likeness (QED) is 0.899. The van der Waals surface area contributed by atoms with E-state index in [1.54, 1.807) is 6.33 Å². The Morgan fingerprint density at radius 2 is 1.89 bits per heavy atom. The van der Waals surface area contributed by atoms with E-state index in [9.17, 15) is 9.59 Å². The molecule has 5 rings (SSSR count). The predicted molar refractivity (Wildman–Crippen MR) is 97.6 cm³/mol. The van der Waals surface area contributed by atoms with Crippen LogP contribution in [0.4, 0.5) is 0 Å². The second-order valence-electron chi connectivity index (χ2n) is 8.01. The van der Waals surface area contributed by atoms with Gasteiger partial charge in [0, 0.05) is 36.5 Å². The Morgan fingerprint density at radius 3 is 2.67 bits per heavy atom. The fourth-order valence-corrected chi connectivity index (χ4v) is 4.55. The van der Waals surface area contributed by atoms with E-state index < -0.39 is 0 Å². The fourth-order valence-electron chi connectivity index (χ4n) is 4.55. The number of benzene rings is 1. The van der Waals surface area contributed by atoms with E-state index in [-0.39, 0.29) is 29.2 Å². The van der Waals surface area contributed by atoms with Crippen molar-refractivity contribution in [1.82, 2.24) is 25.0 Å². The van der Waals surface area contributed by atoms with E-state index in [0.717, 1.165) is 44.6 Å². The summed E-state index contributed by atoms with van der Waals surface area (Å²) in [7, 11) is 0. The third-order valence-corrected chi connectivity index (χ3v) is 6.27. The Balaban J connectivity index is 1.44. The molecule has 1 aromatic carbocycles. The summed E-state index contributed by atoms with van der Waals surface area (Å²) in [5.74, 6) is 1.20. The van der Waals surface area contributed by atoms with Crippen molar-refractivity contribution in [3.8, 4) is 0 Å². The van der Waals surface area contributed by atoms with Crippen molar-refractivity contribution in [3.63, 3.8) is 0 Å². The third-order valence-electron chi connectivity index (χ3n) is 6.27. The van der Waals surface area contributed by atoms with Gasteiger partial charge in [-0.3, -0.25) is 9.59 Å². The molecule has 7 heteroatoms. The number of carbonyl (C=O) groups is 2. The first kappa shape index (κ1) is 16.5. The molecule has 1 saturated heterocycles. The van der Waals surface area contributed by atoms with Crippen LogP contribution in [0.25, 0.3) is 0 Å². The highest BCUT2D eigenvalue weighted by Crippen LogP contribution is 2.48. The molecule has 2 aromatic rings. The monoisotopic (exact) mass is 365 g/mol. The zero-order valence-corrected chi connectivity index (χ0v) is 15.2. The van der Waals surface area contributed by atoms with E-state index in [1.807, 2.05) is 39.9 Å². The summed E-state index contributed by atoms with van der Waals surface area (Å²) in [5, 5.41) is 7.52. The fraction of sp³-hybridized carbons (Fsp3) is 0.500. The second-order valence-corrected chi connectivity index (χ2v) is 8.01. The van der Waals surface area contributed by atoms with Crippen molar-refractivity contribution < 1.29 is 9.59 Å². The van der Waals surface area contributed by atoms with Crippen molar-refractivity contribution in [1.29, 1.82) is 0 Å². The molecule has 1 spiro atoms. The number of nitrogens with zero attached hydrogens (tertiary/aromatic N) is 4. The minimum absolute atomic E-state index is 0.108. The number of rotatable bonds is 3. The first-order valence-electron chi connectivity index (χ1n) is 9.69. The van der Waals surface area contributed by atoms with Gasteiger partial charge in [-0.2, -0.15) is 5.10 Å². The van der Waals surface area contributed by atoms with Gasteiger partial charge < -0.3 is 10.2 Å². The Bertz CT molecular complexity index is 876. The van der Waals surface area contributed by atoms with E-state index in [0.29, 0.717) is 12.1 Å². The smallest absolute Gasteiger partial charge is 0.251 e. The zero-order valence-electron chi connectivity index (χ0n) is 15.2. The maximum Gasteiger partial charge on any atom is 0.251 e. The minimum atomic E-state index is -0.238. The molecule has 0 radical (unpaired) electrons. The van der Waals surface area contributed by atoms with Crippen LogP contribution in [-0.4, -0.2) is 44.6 Å². The van der Waals surface area contributed by atoms with E-state index in [4.69, 9.17) is 0 Å². The van der Waals surface area contributed by atoms with Crippen molar-refractivity contribution in [2.24, 2.45) is 11.3 Å². The Labute approximate surface area is 157 Å². The lowest BCUT2D eigenvalue weighted by molar-refractivity contribution is -0.132. The van der Waals surface area contributed by atoms with Crippen LogP contribution in [0.5, 0.6) is 0 Å². The molecule has 3 heterocycles. The van der Waals surface area contributed by atoms with Gasteiger partial charge in [-0.25, -0.2) is 9.67 Å². The largest absolute Gasteiger partial charge is 0.342 e. The number of carbonyl (C=O) groups excluding carboxylic acids is 2. The molecule has 0 unspecified atom stereocenters. The Kier molecular flexibility index (Phi) is 3.77. The number of nitrogens with one attached hydrogen (secondary N) is 1. The average Bonchev–Trinajstić information content (AvgIpc) is 3.29. The molecule has 0 bridgehead atoms. The highest BCUT2D eigenvalue weighted by atomic mass is 16.2. The van der Waals surface area contributed by atoms with Crippen molar-refractivity contribution in [2.75, 3.05) is 13.1 Å². The van der Waals surface area contributed by atoms with Gasteiger partial charge in [0.25, 0.3) is 5.91 Å². The zero-order chi connectivity index (χ0) is 18.4. The van der Waals surface area contributed by atoms with E-state index in [1.165, 1.54) is 0 Å². The number of aromatic nitrogens is 3. The summed E-state index contributed by atoms with van der Waals surface area (Å²) in [6, 6.07) is 9.01. The lowest BCUT2D eigenvalue weighted by atomic mass is 9.74. The van der Waals surface area contributed by atoms with Crippen molar-refractivity contribution in [2.45, 2.75) is 38.3 Å². The van der Waals surface area contributed by atoms with Crippen LogP contribution in [0.3, 0.4) is 0 Å². The van der Waals surface area contributed by atoms with Gasteiger partial charge in [-0.1, -0.05) is 18.2 Å². The molecule has 2 fully saturated rings. The number of likely N-dealkylation sites (tertiary alicyclic amines) is 1. The summed E-state index contributed by atoms with van der Waals surface area (Å²) in [5.41, 5.74) is 0.464. The molecule has 1 aliphatic carbocycles. The highest BCUT2D eigenvalue weighted by molar-refractivity contribution is 5.94. The highest BCUT2D eigenvalue weighted by Gasteiger charge is 2.51. The predicted octanol–water partition coefficient (Wildman–Crippen LogP) is 1.78. The summed E-state index contributed by atoms with van der Waals surface area (Å²) in [6.07, 6.45) is 5.36. The van der Waals surface area contributed by atoms with Gasteiger partial charge >= 0.3 is 0 Å². The first-order valence-corrected chi connectivity index (χ1v) is 9.69. The molecular weight excluding hydrogens is 342 g/mol. The SMILES string of the molecule is O=C(N[C@H]1c2ncnn2CC[C@@]12CCN(C(=O)C1CC1)C2)c1ccccc1. The van der Waals surface area contributed by atoms with Crippen LogP contribution in [0.2, 0.25) is 0 Å². The number of hydrogen-bond donors (Lipinski definition) is 1. The van der Waals surface area contributed by atoms with Crippen LogP contribution < -0.4 is 5.32 Å². The van der Waals surface area contributed by atoms with Crippen LogP contribution in [0.15, 0.2) is 36.7 Å². The molecule has 2 amide bonds. The van der Waals surface area contributed by atoms with Crippen LogP contribution in [0, 0.1) is 11.3 Å². The summed E-state index contributed by atoms with van der Waals surface area (Å²) in [4.78, 5) is 31.9. The minimum Gasteiger partial charge on any atom is -0.342 e. The van der Waals surface area contributed by atoms with Gasteiger partial charge in [0.15, 0.2) is 0 Å². The molecule has 1 aromatic heterocycles. The first-order chi connectivity index (χ1) is 13.2. The van der Waals surface area contributed by atoms with E-state index in [2.05, 4.69) is 15.4 Å². The number of amides is 2. The van der Waals surface area contributed by atoms with Gasteiger partial charge in [0.05, 0.1) is 6.04 Å². The number of hydrogen-bond acceptors (Lipinski definition) is 4. The molecule has 27 heavy (non-hydrogen) atoms. The Hall–Kier alpha value is -2.70. The van der Waals surface area contributed by atoms with Crippen LogP contribution in [0.1, 0.15) is 47.9 Å². The lowest BCUT2D eigenvalue weighted by Crippen LogP contribution is -2.48. The lowest BCUT2D eigenvalue weighted by Gasteiger charge is -2.40. The maximum absolute atomic E-state index is 12.9. The molecule has 1 saturated carbocycles. The molecule has 2 atom stereocenters. The summed E-state index contributed by atoms with van der Waals surface area (Å²) in [6.45, 7) is 2.23. The standard InChI is InChI=1S/C20H23N5O2/c26-18(14-4-2-1-3-5-14)23-16-17-21-13-22-25(17)11-9-20(16)8-10-24(12-20)19(27)15-6-7-15/h1-5,13,15-16H,6-12H2,(H,23,26)/t16-,20+/m0/s1. The molecule has 140 valence electrons. The Morgan fingerprint density at radius 1 is 1.11 bits per heavy atom. The van der Waals surface area contributed by atoms with Gasteiger partial charge in [0.2, 0.25) is 5.91 Å². The number of aryl methyl sites for hydroxylation is 1. The molecule has 3 aliphatic rings. The third kappa shape index (κ3) is 2.81. The normalized spacial score (nSPS) is 26.8. The number of fused-ring (bicyclic) bond motifs is 1. The average molecular weight is 365 g/mol. The molecular formula is C20H23N5O2. The molecule has 7 nitrogen and oxygen atoms in total. The van der Waals surface area contributed by atoms with Gasteiger partial charge in [-0.15, -0.1) is 0 Å². The summed E-state index contributed by atoms with van der Waals surface area (Å²) >= 11 is 0. The van der Waals surface area contributed by atoms with Gasteiger partial charge in [0.1, 0.15) is 12.2 Å². The summed E-state index contributed by atoms with van der Waals surface area (Å²) < 4.78 is 1.88. The molecule has 2 aliphatic heterocycles. The second kappa shape index (κ2) is 6.18.